The van der Waals surface area contributed by atoms with E-state index in [1.165, 1.54) is 41.1 Å². The van der Waals surface area contributed by atoms with Gasteiger partial charge in [0.2, 0.25) is 0 Å². The van der Waals surface area contributed by atoms with E-state index in [-0.39, 0.29) is 0 Å². The summed E-state index contributed by atoms with van der Waals surface area (Å²) in [6.07, 6.45) is 4.08. The molecule has 0 spiro atoms. The number of unbranched alkanes of at least 4 members (excludes halogenated alkanes) is 1. The van der Waals surface area contributed by atoms with Gasteiger partial charge in [0.1, 0.15) is 0 Å². The number of quaternary nitrogens is 1. The highest BCUT2D eigenvalue weighted by Crippen LogP contribution is 2.38. The average molecular weight is 453 g/mol. The van der Waals surface area contributed by atoms with Crippen LogP contribution in [0.1, 0.15) is 32.4 Å². The van der Waals surface area contributed by atoms with Crippen LogP contribution in [0.3, 0.4) is 0 Å². The summed E-state index contributed by atoms with van der Waals surface area (Å²) < 4.78 is 5.73. The van der Waals surface area contributed by atoms with E-state index in [1.807, 2.05) is 0 Å². The first kappa shape index (κ1) is 18.0. The number of nitrogens with zero attached hydrogens (tertiary/aromatic N) is 2. The van der Waals surface area contributed by atoms with Crippen molar-refractivity contribution in [3.8, 4) is 0 Å². The van der Waals surface area contributed by atoms with Crippen LogP contribution in [-0.2, 0) is 0 Å². The average Bonchev–Trinajstić information content (AvgIpc) is 2.80. The third-order valence-electron chi connectivity index (χ3n) is 4.73. The van der Waals surface area contributed by atoms with Crippen molar-refractivity contribution in [3.63, 3.8) is 0 Å². The van der Waals surface area contributed by atoms with Crippen LogP contribution in [0.25, 0.3) is 21.8 Å². The largest absolute Gasteiger partial charge is 0.311 e. The van der Waals surface area contributed by atoms with Gasteiger partial charge in [-0.25, -0.2) is 0 Å². The monoisotopic (exact) mass is 451 g/mol. The zero-order chi connectivity index (χ0) is 17.5. The maximum atomic E-state index is 3.64. The van der Waals surface area contributed by atoms with Gasteiger partial charge < -0.3 is 4.48 Å². The molecule has 0 aliphatic heterocycles. The first-order valence-corrected chi connectivity index (χ1v) is 10.1. The second kappa shape index (κ2) is 6.81. The lowest BCUT2D eigenvalue weighted by Crippen LogP contribution is -2.42. The molecule has 2 aromatic carbocycles. The Morgan fingerprint density at radius 2 is 1.42 bits per heavy atom. The van der Waals surface area contributed by atoms with Gasteiger partial charge in [0, 0.05) is 26.1 Å². The van der Waals surface area contributed by atoms with Crippen molar-refractivity contribution in [2.24, 2.45) is 0 Å². The molecule has 1 aromatic heterocycles. The molecule has 1 unspecified atom stereocenters. The normalized spacial score (nSPS) is 13.8. The predicted molar refractivity (Wildman–Crippen MR) is 111 cm³/mol. The molecule has 0 saturated carbocycles. The summed E-state index contributed by atoms with van der Waals surface area (Å²) in [5, 5.41) is 2.63. The second-order valence-corrected chi connectivity index (χ2v) is 9.26. The lowest BCUT2D eigenvalue weighted by atomic mass is 10.1. The highest BCUT2D eigenvalue weighted by atomic mass is 79.9. The first-order chi connectivity index (χ1) is 11.3. The van der Waals surface area contributed by atoms with E-state index in [0.717, 1.165) is 13.4 Å². The number of benzene rings is 2. The van der Waals surface area contributed by atoms with Crippen LogP contribution in [0.4, 0.5) is 0 Å². The lowest BCUT2D eigenvalue weighted by molar-refractivity contribution is -0.912. The molecule has 2 nitrogen and oxygen atoms in total. The van der Waals surface area contributed by atoms with E-state index < -0.39 is 0 Å². The predicted octanol–water partition coefficient (Wildman–Crippen LogP) is 6.71. The molecule has 0 aliphatic carbocycles. The number of rotatable bonds is 5. The third-order valence-corrected chi connectivity index (χ3v) is 5.72. The van der Waals surface area contributed by atoms with Crippen molar-refractivity contribution in [2.45, 2.75) is 32.4 Å². The summed E-state index contributed by atoms with van der Waals surface area (Å²) in [7, 11) is 6.90. The first-order valence-electron chi connectivity index (χ1n) is 8.52. The van der Waals surface area contributed by atoms with Gasteiger partial charge in [-0.2, -0.15) is 0 Å². The Hall–Kier alpha value is -0.840. The van der Waals surface area contributed by atoms with Crippen LogP contribution in [0, 0.1) is 0 Å². The number of aromatic nitrogens is 1. The summed E-state index contributed by atoms with van der Waals surface area (Å²) in [6, 6.07) is 13.3. The highest BCUT2D eigenvalue weighted by Gasteiger charge is 2.28. The van der Waals surface area contributed by atoms with Crippen molar-refractivity contribution < 1.29 is 4.48 Å². The minimum absolute atomic E-state index is 0.423. The Bertz CT molecular complexity index is 815. The fraction of sp³-hybridized carbons (Fsp3) is 0.400. The van der Waals surface area contributed by atoms with Crippen LogP contribution < -0.4 is 0 Å². The molecule has 1 atom stereocenters. The smallest absolute Gasteiger partial charge is 0.168 e. The van der Waals surface area contributed by atoms with E-state index in [0.29, 0.717) is 6.17 Å². The molecule has 3 rings (SSSR count). The maximum Gasteiger partial charge on any atom is 0.168 e. The standard InChI is InChI=1S/C20H25Br2N2/c1-5-6-7-20(24(2,3)4)23-18-10-8-14(21)12-16(18)17-13-15(22)9-11-19(17)23/h8-13,20H,5-7H2,1-4H3/q+1. The van der Waals surface area contributed by atoms with E-state index in [4.69, 9.17) is 0 Å². The number of fused-ring (bicyclic) bond motifs is 3. The van der Waals surface area contributed by atoms with Gasteiger partial charge in [0.25, 0.3) is 0 Å². The van der Waals surface area contributed by atoms with Crippen molar-refractivity contribution in [3.05, 3.63) is 45.3 Å². The van der Waals surface area contributed by atoms with Crippen molar-refractivity contribution >= 4 is 53.7 Å². The quantitative estimate of drug-likeness (QED) is 0.379. The van der Waals surface area contributed by atoms with Crippen molar-refractivity contribution in [2.75, 3.05) is 21.1 Å². The molecule has 3 aromatic rings. The van der Waals surface area contributed by atoms with Crippen molar-refractivity contribution in [1.82, 2.24) is 4.57 Å². The summed E-state index contributed by atoms with van der Waals surface area (Å²) in [6.45, 7) is 2.27. The Kier molecular flexibility index (Phi) is 5.10. The van der Waals surface area contributed by atoms with E-state index in [1.54, 1.807) is 0 Å². The fourth-order valence-corrected chi connectivity index (χ4v) is 4.29. The molecule has 0 aliphatic rings. The number of hydrogen-bond acceptors (Lipinski definition) is 0. The Labute approximate surface area is 161 Å². The molecule has 4 heteroatoms. The molecule has 0 bridgehead atoms. The molecule has 0 radical (unpaired) electrons. The van der Waals surface area contributed by atoms with Gasteiger partial charge in [0.15, 0.2) is 6.17 Å². The van der Waals surface area contributed by atoms with Crippen LogP contribution in [0.15, 0.2) is 45.3 Å². The molecular weight excluding hydrogens is 428 g/mol. The number of halogens is 2. The topological polar surface area (TPSA) is 4.93 Å². The molecule has 0 saturated heterocycles. The van der Waals surface area contributed by atoms with E-state index in [2.05, 4.69) is 101 Å². The SMILES string of the molecule is CCCCC(n1c2ccc(Br)cc2c2cc(Br)ccc21)[N+](C)(C)C. The van der Waals surface area contributed by atoms with Gasteiger partial charge in [0.05, 0.1) is 32.2 Å². The van der Waals surface area contributed by atoms with E-state index in [9.17, 15) is 0 Å². The van der Waals surface area contributed by atoms with Gasteiger partial charge in [-0.15, -0.1) is 0 Å². The molecule has 0 fully saturated rings. The lowest BCUT2D eigenvalue weighted by Gasteiger charge is -2.36. The number of hydrogen-bond donors (Lipinski definition) is 0. The maximum absolute atomic E-state index is 3.64. The van der Waals surface area contributed by atoms with Gasteiger partial charge >= 0.3 is 0 Å². The summed E-state index contributed by atoms with van der Waals surface area (Å²) in [5.41, 5.74) is 2.64. The molecule has 0 N–H and O–H groups in total. The second-order valence-electron chi connectivity index (χ2n) is 7.43. The van der Waals surface area contributed by atoms with Gasteiger partial charge in [-0.1, -0.05) is 45.2 Å². The Morgan fingerprint density at radius 3 is 1.83 bits per heavy atom. The molecule has 128 valence electrons. The van der Waals surface area contributed by atoms with Crippen LogP contribution in [-0.4, -0.2) is 30.2 Å². The zero-order valence-corrected chi connectivity index (χ0v) is 18.0. The summed E-state index contributed by atoms with van der Waals surface area (Å²) >= 11 is 7.28. The van der Waals surface area contributed by atoms with Crippen LogP contribution in [0.2, 0.25) is 0 Å². The van der Waals surface area contributed by atoms with Gasteiger partial charge in [-0.3, -0.25) is 4.57 Å². The van der Waals surface area contributed by atoms with Crippen LogP contribution in [0.5, 0.6) is 0 Å². The third kappa shape index (κ3) is 3.29. The Morgan fingerprint density at radius 1 is 0.917 bits per heavy atom. The minimum atomic E-state index is 0.423. The van der Waals surface area contributed by atoms with Gasteiger partial charge in [-0.05, 0) is 42.8 Å². The summed E-state index contributed by atoms with van der Waals surface area (Å²) in [4.78, 5) is 0. The molecule has 1 heterocycles. The molecular formula is C20H25Br2N2+. The zero-order valence-electron chi connectivity index (χ0n) is 14.8. The van der Waals surface area contributed by atoms with Crippen LogP contribution >= 0.6 is 31.9 Å². The summed E-state index contributed by atoms with van der Waals surface area (Å²) in [5.74, 6) is 0. The van der Waals surface area contributed by atoms with Crippen molar-refractivity contribution in [1.29, 1.82) is 0 Å². The molecule has 24 heavy (non-hydrogen) atoms. The highest BCUT2D eigenvalue weighted by molar-refractivity contribution is 9.10. The fourth-order valence-electron chi connectivity index (χ4n) is 3.57. The minimum Gasteiger partial charge on any atom is -0.311 e. The molecule has 0 amide bonds. The van der Waals surface area contributed by atoms with E-state index >= 15 is 0 Å². The Balaban J connectivity index is 2.35.